The van der Waals surface area contributed by atoms with Crippen LogP contribution in [0, 0.1) is 11.3 Å². The average molecular weight is 422 g/mol. The molecule has 0 aromatic heterocycles. The van der Waals surface area contributed by atoms with Gasteiger partial charge in [-0.2, -0.15) is 23.3 Å². The Labute approximate surface area is 170 Å². The zero-order valence-corrected chi connectivity index (χ0v) is 16.2. The highest BCUT2D eigenvalue weighted by Crippen LogP contribution is 2.44. The van der Waals surface area contributed by atoms with Crippen LogP contribution in [0.25, 0.3) is 0 Å². The topological polar surface area (TPSA) is 93.5 Å². The molecule has 8 nitrogen and oxygen atoms in total. The molecule has 3 aliphatic rings. The summed E-state index contributed by atoms with van der Waals surface area (Å²) in [5.74, 6) is -1.00. The zero-order valence-electron chi connectivity index (χ0n) is 16.2. The molecule has 1 N–H and O–H groups in total. The van der Waals surface area contributed by atoms with Crippen LogP contribution in [-0.4, -0.2) is 65.1 Å². The van der Waals surface area contributed by atoms with Crippen LogP contribution in [0.15, 0.2) is 18.2 Å². The lowest BCUT2D eigenvalue weighted by Crippen LogP contribution is -2.64. The van der Waals surface area contributed by atoms with Crippen molar-refractivity contribution in [2.24, 2.45) is 0 Å². The van der Waals surface area contributed by atoms with Crippen molar-refractivity contribution in [3.05, 3.63) is 29.3 Å². The van der Waals surface area contributed by atoms with E-state index in [9.17, 15) is 27.6 Å². The molecule has 4 amide bonds. The van der Waals surface area contributed by atoms with E-state index in [0.717, 1.165) is 17.0 Å². The fourth-order valence-corrected chi connectivity index (χ4v) is 4.66. The Morgan fingerprint density at radius 1 is 1.30 bits per heavy atom. The van der Waals surface area contributed by atoms with Gasteiger partial charge in [0.15, 0.2) is 12.1 Å². The third-order valence-electron chi connectivity index (χ3n) is 5.88. The summed E-state index contributed by atoms with van der Waals surface area (Å²) >= 11 is 0. The van der Waals surface area contributed by atoms with E-state index in [-0.39, 0.29) is 30.8 Å². The first-order valence-corrected chi connectivity index (χ1v) is 9.40. The molecule has 0 saturated carbocycles. The Morgan fingerprint density at radius 2 is 2.00 bits per heavy atom. The Kier molecular flexibility index (Phi) is 4.41. The number of amides is 4. The van der Waals surface area contributed by atoms with Crippen LogP contribution in [0.5, 0.6) is 0 Å². The van der Waals surface area contributed by atoms with Gasteiger partial charge in [0.1, 0.15) is 6.67 Å². The normalized spacial score (nSPS) is 30.0. The molecule has 3 heterocycles. The van der Waals surface area contributed by atoms with Gasteiger partial charge >= 0.3 is 12.2 Å². The number of carbonyl (C=O) groups excluding carboxylic acids is 3. The van der Waals surface area contributed by atoms with E-state index in [1.54, 1.807) is 13.8 Å². The molecule has 3 fully saturated rings. The van der Waals surface area contributed by atoms with E-state index in [1.807, 2.05) is 4.90 Å². The first kappa shape index (κ1) is 20.3. The summed E-state index contributed by atoms with van der Waals surface area (Å²) in [5.41, 5.74) is -2.06. The molecule has 0 radical (unpaired) electrons. The molecule has 3 saturated heterocycles. The zero-order chi connectivity index (χ0) is 22.0. The van der Waals surface area contributed by atoms with Crippen LogP contribution in [0.3, 0.4) is 0 Å². The van der Waals surface area contributed by atoms with Crippen LogP contribution < -0.4 is 10.2 Å². The van der Waals surface area contributed by atoms with Crippen molar-refractivity contribution < 1.29 is 32.0 Å². The predicted molar refractivity (Wildman–Crippen MR) is 96.6 cm³/mol. The second-order valence-corrected chi connectivity index (χ2v) is 8.10. The van der Waals surface area contributed by atoms with Gasteiger partial charge in [-0.3, -0.25) is 9.59 Å². The number of halogens is 3. The number of carbonyl (C=O) groups is 3. The number of hydrogen-bond donors (Lipinski definition) is 1. The standard InChI is InChI=1S/C19H18F3N5O3/c1-10(2)24-16(28)14-7-25-8-15-17(29)26(18(30)27(14,15)9-25)12-4-3-11(6-23)13(5-12)19(20,21)22/h3-5,10,14-15H,7-9H2,1-2H3/p+1. The second kappa shape index (κ2) is 6.52. The highest BCUT2D eigenvalue weighted by molar-refractivity contribution is 6.18. The largest absolute Gasteiger partial charge is 0.433 e. The summed E-state index contributed by atoms with van der Waals surface area (Å²) in [6.07, 6.45) is -4.82. The first-order chi connectivity index (χ1) is 14.0. The van der Waals surface area contributed by atoms with Crippen molar-refractivity contribution in [2.75, 3.05) is 24.7 Å². The number of quaternary nitrogens is 1. The molecule has 1 spiro atoms. The third-order valence-corrected chi connectivity index (χ3v) is 5.88. The van der Waals surface area contributed by atoms with Crippen LogP contribution in [-0.2, 0) is 15.8 Å². The first-order valence-electron chi connectivity index (χ1n) is 9.40. The molecule has 1 aromatic carbocycles. The number of imide groups is 1. The minimum atomic E-state index is -4.82. The predicted octanol–water partition coefficient (Wildman–Crippen LogP) is 1.41. The van der Waals surface area contributed by atoms with Crippen molar-refractivity contribution >= 4 is 23.5 Å². The lowest BCUT2D eigenvalue weighted by atomic mass is 10.1. The number of piperazine rings is 1. The molecule has 0 aliphatic carbocycles. The number of benzene rings is 1. The number of rotatable bonds is 3. The van der Waals surface area contributed by atoms with E-state index in [1.165, 1.54) is 6.07 Å². The summed E-state index contributed by atoms with van der Waals surface area (Å²) in [7, 11) is 0. The number of nitriles is 1. The van der Waals surface area contributed by atoms with Crippen LogP contribution >= 0.6 is 0 Å². The smallest absolute Gasteiger partial charge is 0.349 e. The highest BCUT2D eigenvalue weighted by Gasteiger charge is 2.73. The van der Waals surface area contributed by atoms with Crippen molar-refractivity contribution in [1.82, 2.24) is 10.2 Å². The summed E-state index contributed by atoms with van der Waals surface area (Å²) in [4.78, 5) is 41.8. The lowest BCUT2D eigenvalue weighted by Gasteiger charge is -2.33. The maximum absolute atomic E-state index is 13.4. The molecular weight excluding hydrogens is 403 g/mol. The Morgan fingerprint density at radius 3 is 2.60 bits per heavy atom. The molecule has 3 aliphatic heterocycles. The number of nitrogens with zero attached hydrogens (tertiary/aromatic N) is 4. The van der Waals surface area contributed by atoms with Gasteiger partial charge in [-0.25, -0.2) is 14.2 Å². The van der Waals surface area contributed by atoms with Crippen LogP contribution in [0.2, 0.25) is 0 Å². The molecular formula is C19H19F3N5O3+. The fraction of sp³-hybridized carbons (Fsp3) is 0.474. The summed E-state index contributed by atoms with van der Waals surface area (Å²) < 4.78 is 39.7. The van der Waals surface area contributed by atoms with E-state index in [2.05, 4.69) is 5.32 Å². The molecule has 158 valence electrons. The van der Waals surface area contributed by atoms with Gasteiger partial charge in [-0.1, -0.05) is 0 Å². The maximum Gasteiger partial charge on any atom is 0.433 e. The van der Waals surface area contributed by atoms with Gasteiger partial charge < -0.3 is 5.32 Å². The molecule has 4 rings (SSSR count). The van der Waals surface area contributed by atoms with E-state index in [0.29, 0.717) is 12.6 Å². The molecule has 4 atom stereocenters. The second-order valence-electron chi connectivity index (χ2n) is 8.10. The Bertz CT molecular complexity index is 1000. The van der Waals surface area contributed by atoms with E-state index < -0.39 is 45.8 Å². The van der Waals surface area contributed by atoms with Crippen molar-refractivity contribution in [3.63, 3.8) is 0 Å². The number of alkyl halides is 3. The number of fused-ring (bicyclic) bond motifs is 1. The van der Waals surface area contributed by atoms with Gasteiger partial charge in [0.2, 0.25) is 0 Å². The average Bonchev–Trinajstić information content (AvgIpc) is 3.29. The molecule has 2 bridgehead atoms. The monoisotopic (exact) mass is 422 g/mol. The molecule has 1 aromatic rings. The third kappa shape index (κ3) is 2.71. The number of nitrogens with one attached hydrogen (secondary N) is 1. The van der Waals surface area contributed by atoms with Crippen LogP contribution in [0.4, 0.5) is 23.7 Å². The Balaban J connectivity index is 1.76. The maximum atomic E-state index is 13.4. The lowest BCUT2D eigenvalue weighted by molar-refractivity contribution is -0.853. The van der Waals surface area contributed by atoms with Gasteiger partial charge in [0.25, 0.3) is 11.8 Å². The highest BCUT2D eigenvalue weighted by atomic mass is 19.4. The summed E-state index contributed by atoms with van der Waals surface area (Å²) in [6.45, 7) is 4.26. The van der Waals surface area contributed by atoms with Gasteiger partial charge in [0, 0.05) is 6.04 Å². The molecule has 3 unspecified atom stereocenters. The van der Waals surface area contributed by atoms with Crippen molar-refractivity contribution in [3.8, 4) is 6.07 Å². The number of urea groups is 1. The Hall–Kier alpha value is -2.97. The van der Waals surface area contributed by atoms with E-state index in [4.69, 9.17) is 5.26 Å². The van der Waals surface area contributed by atoms with Gasteiger partial charge in [0.05, 0.1) is 36.0 Å². The molecule has 30 heavy (non-hydrogen) atoms. The summed E-state index contributed by atoms with van der Waals surface area (Å²) in [6, 6.07) is 1.68. The van der Waals surface area contributed by atoms with Crippen molar-refractivity contribution in [2.45, 2.75) is 38.1 Å². The fourth-order valence-electron chi connectivity index (χ4n) is 4.66. The summed E-state index contributed by atoms with van der Waals surface area (Å²) in [5, 5.41) is 11.7. The van der Waals surface area contributed by atoms with Gasteiger partial charge in [-0.15, -0.1) is 0 Å². The van der Waals surface area contributed by atoms with Crippen LogP contribution in [0.1, 0.15) is 25.0 Å². The minimum Gasteiger partial charge on any atom is -0.349 e. The van der Waals surface area contributed by atoms with Crippen molar-refractivity contribution in [1.29, 1.82) is 5.26 Å². The number of anilines is 1. The van der Waals surface area contributed by atoms with E-state index >= 15 is 0 Å². The quantitative estimate of drug-likeness (QED) is 0.587. The minimum absolute atomic E-state index is 0.157. The SMILES string of the molecule is CC(C)NC(=O)C1C[N@@]2CC3C(=O)N(c4ccc(C#N)c(C(F)(F)F)c4)C(=O)[N+]13C2. The van der Waals surface area contributed by atoms with Gasteiger partial charge in [-0.05, 0) is 32.0 Å². The number of hydrogen-bond acceptors (Lipinski definition) is 5. The molecule has 11 heteroatoms.